The van der Waals surface area contributed by atoms with Gasteiger partial charge in [-0.3, -0.25) is 9.59 Å². The van der Waals surface area contributed by atoms with Crippen LogP contribution < -0.4 is 80.9 Å². The molecule has 0 spiro atoms. The smallest absolute Gasteiger partial charge is 1.00 e. The van der Waals surface area contributed by atoms with Gasteiger partial charge in [0.05, 0.1) is 0 Å². The fourth-order valence-electron chi connectivity index (χ4n) is 1.86. The van der Waals surface area contributed by atoms with E-state index in [4.69, 9.17) is 10.2 Å². The van der Waals surface area contributed by atoms with Crippen molar-refractivity contribution in [2.45, 2.75) is 59.3 Å². The maximum Gasteiger partial charge on any atom is 1.00 e. The third kappa shape index (κ3) is 8.56. The zero-order chi connectivity index (χ0) is 13.5. The van der Waals surface area contributed by atoms with Crippen molar-refractivity contribution < 1.29 is 104 Å². The van der Waals surface area contributed by atoms with Crippen LogP contribution in [0.4, 0.5) is 0 Å². The van der Waals surface area contributed by atoms with Gasteiger partial charge in [-0.25, -0.2) is 0 Å². The second-order valence-electron chi connectivity index (χ2n) is 4.92. The van der Waals surface area contributed by atoms with Crippen LogP contribution in [0.5, 0.6) is 0 Å². The molecule has 0 aliphatic carbocycles. The van der Waals surface area contributed by atoms with Crippen LogP contribution in [-0.4, -0.2) is 22.2 Å². The number of rotatable bonds is 9. The summed E-state index contributed by atoms with van der Waals surface area (Å²) < 4.78 is 0. The summed E-state index contributed by atoms with van der Waals surface area (Å²) in [6.45, 7) is 5.14. The fraction of sp³-hybridized carbons (Fsp3) is 0.846. The quantitative estimate of drug-likeness (QED) is 0.278. The summed E-state index contributed by atoms with van der Waals surface area (Å²) in [6.07, 6.45) is 6.09. The summed E-state index contributed by atoms with van der Waals surface area (Å²) in [5.74, 6) is -2.84. The van der Waals surface area contributed by atoms with Crippen molar-refractivity contribution in [3.8, 4) is 0 Å². The van der Waals surface area contributed by atoms with Crippen LogP contribution in [0.1, 0.15) is 62.1 Å². The van der Waals surface area contributed by atoms with Crippen LogP contribution in [0, 0.1) is 11.3 Å². The first kappa shape index (κ1) is 25.5. The molecule has 104 valence electrons. The van der Waals surface area contributed by atoms with Crippen molar-refractivity contribution in [3.63, 3.8) is 0 Å². The van der Waals surface area contributed by atoms with Gasteiger partial charge in [0.2, 0.25) is 0 Å². The molecule has 0 aliphatic rings. The number of hydrogen-bond acceptors (Lipinski definition) is 2. The van der Waals surface area contributed by atoms with Gasteiger partial charge in [-0.1, -0.05) is 46.0 Å². The Kier molecular flexibility index (Phi) is 17.8. The van der Waals surface area contributed by atoms with E-state index >= 15 is 0 Å². The van der Waals surface area contributed by atoms with Crippen LogP contribution in [0.15, 0.2) is 0 Å². The number of carboxylic acids is 2. The van der Waals surface area contributed by atoms with Gasteiger partial charge >= 0.3 is 92.9 Å². The standard InChI is InChI=1S/C13H24O4.K.Na.2H/c1-4-5-6-7-8-9-10(2)13(3,11(14)15)12(16)17;;;;/h10H,4-9H2,1-3H3,(H,14,15)(H,16,17);;;;/q;2*+1;2*-1. The Morgan fingerprint density at radius 2 is 1.53 bits per heavy atom. The summed E-state index contributed by atoms with van der Waals surface area (Å²) in [5, 5.41) is 18.1. The molecule has 0 aliphatic heterocycles. The molecule has 0 aromatic rings. The molecule has 0 saturated heterocycles. The molecule has 1 atom stereocenters. The summed E-state index contributed by atoms with van der Waals surface area (Å²) >= 11 is 0. The molecule has 0 bridgehead atoms. The Balaban J connectivity index is -0.000000213. The molecule has 0 rings (SSSR count). The first-order valence-corrected chi connectivity index (χ1v) is 6.34. The number of carbonyl (C=O) groups is 2. The molecule has 4 nitrogen and oxygen atoms in total. The van der Waals surface area contributed by atoms with Crippen molar-refractivity contribution in [2.24, 2.45) is 11.3 Å². The maximum atomic E-state index is 11.1. The maximum absolute atomic E-state index is 11.1. The fourth-order valence-corrected chi connectivity index (χ4v) is 1.86. The summed E-state index contributed by atoms with van der Waals surface area (Å²) in [4.78, 5) is 22.1. The predicted molar refractivity (Wildman–Crippen MR) is 68.1 cm³/mol. The molecule has 0 fully saturated rings. The van der Waals surface area contributed by atoms with Crippen molar-refractivity contribution in [1.29, 1.82) is 0 Å². The van der Waals surface area contributed by atoms with Gasteiger partial charge in [0, 0.05) is 0 Å². The molecule has 1 unspecified atom stereocenters. The van der Waals surface area contributed by atoms with Crippen LogP contribution in [0.3, 0.4) is 0 Å². The number of aliphatic carboxylic acids is 2. The van der Waals surface area contributed by atoms with Gasteiger partial charge in [-0.05, 0) is 19.3 Å². The molecule has 0 saturated carbocycles. The molecular weight excluding hydrogens is 282 g/mol. The Bertz CT molecular complexity index is 267. The zero-order valence-corrected chi connectivity index (χ0v) is 18.2. The molecule has 0 heterocycles. The van der Waals surface area contributed by atoms with Gasteiger partial charge < -0.3 is 13.1 Å². The molecular formula is C13H26KNaO4. The minimum Gasteiger partial charge on any atom is -1.00 e. The summed E-state index contributed by atoms with van der Waals surface area (Å²) in [5.41, 5.74) is -1.66. The molecule has 0 radical (unpaired) electrons. The number of unbranched alkanes of at least 4 members (excludes halogenated alkanes) is 4. The number of hydrogen-bond donors (Lipinski definition) is 2. The molecule has 2 N–H and O–H groups in total. The first-order valence-electron chi connectivity index (χ1n) is 6.34. The molecule has 0 amide bonds. The SMILES string of the molecule is CCCCCCCC(C)C(C)(C(=O)O)C(=O)O.[H-].[H-].[K+].[Na+]. The molecule has 19 heavy (non-hydrogen) atoms. The first-order chi connectivity index (χ1) is 7.87. The Hall–Kier alpha value is 1.58. The average molecular weight is 308 g/mol. The summed E-state index contributed by atoms with van der Waals surface area (Å²) in [6, 6.07) is 0. The topological polar surface area (TPSA) is 74.6 Å². The van der Waals surface area contributed by atoms with Crippen LogP contribution >= 0.6 is 0 Å². The Morgan fingerprint density at radius 1 is 1.11 bits per heavy atom. The van der Waals surface area contributed by atoms with E-state index in [1.807, 2.05) is 0 Å². The van der Waals surface area contributed by atoms with E-state index in [-0.39, 0.29) is 89.7 Å². The van der Waals surface area contributed by atoms with Crippen molar-refractivity contribution in [3.05, 3.63) is 0 Å². The van der Waals surface area contributed by atoms with E-state index in [2.05, 4.69) is 6.92 Å². The van der Waals surface area contributed by atoms with Crippen LogP contribution in [0.2, 0.25) is 0 Å². The second kappa shape index (κ2) is 13.3. The molecule has 0 aromatic heterocycles. The van der Waals surface area contributed by atoms with Crippen LogP contribution in [0.25, 0.3) is 0 Å². The van der Waals surface area contributed by atoms with Crippen molar-refractivity contribution in [1.82, 2.24) is 0 Å². The largest absolute Gasteiger partial charge is 1.00 e. The van der Waals surface area contributed by atoms with Gasteiger partial charge in [0.1, 0.15) is 0 Å². The van der Waals surface area contributed by atoms with E-state index in [9.17, 15) is 9.59 Å². The monoisotopic (exact) mass is 308 g/mol. The third-order valence-electron chi connectivity index (χ3n) is 3.61. The van der Waals surface area contributed by atoms with Crippen molar-refractivity contribution >= 4 is 11.9 Å². The van der Waals surface area contributed by atoms with E-state index in [0.29, 0.717) is 6.42 Å². The number of carboxylic acid groups (broad SMARTS) is 2. The normalized spacial score (nSPS) is 11.9. The van der Waals surface area contributed by atoms with E-state index in [0.717, 1.165) is 25.7 Å². The second-order valence-corrected chi connectivity index (χ2v) is 4.92. The van der Waals surface area contributed by atoms with E-state index in [1.54, 1.807) is 6.92 Å². The molecule has 6 heteroatoms. The third-order valence-corrected chi connectivity index (χ3v) is 3.61. The van der Waals surface area contributed by atoms with Gasteiger partial charge in [0.25, 0.3) is 0 Å². The predicted octanol–water partition coefficient (Wildman–Crippen LogP) is -2.61. The van der Waals surface area contributed by atoms with E-state index in [1.165, 1.54) is 13.3 Å². The minimum atomic E-state index is -1.66. The Labute approximate surface area is 183 Å². The van der Waals surface area contributed by atoms with Gasteiger partial charge in [0.15, 0.2) is 5.41 Å². The molecule has 0 aromatic carbocycles. The zero-order valence-electron chi connectivity index (χ0n) is 15.0. The summed E-state index contributed by atoms with van der Waals surface area (Å²) in [7, 11) is 0. The Morgan fingerprint density at radius 3 is 1.89 bits per heavy atom. The average Bonchev–Trinajstić information content (AvgIpc) is 2.26. The van der Waals surface area contributed by atoms with Crippen molar-refractivity contribution in [2.75, 3.05) is 0 Å². The van der Waals surface area contributed by atoms with Gasteiger partial charge in [-0.15, -0.1) is 0 Å². The van der Waals surface area contributed by atoms with Gasteiger partial charge in [-0.2, -0.15) is 0 Å². The van der Waals surface area contributed by atoms with E-state index < -0.39 is 17.4 Å². The van der Waals surface area contributed by atoms with Crippen LogP contribution in [-0.2, 0) is 9.59 Å². The minimum absolute atomic E-state index is 0.